The molecule has 0 fully saturated rings. The Morgan fingerprint density at radius 3 is 1.45 bits per heavy atom. The Kier molecular flexibility index (Phi) is 6.25. The molecule has 0 aliphatic heterocycles. The van der Waals surface area contributed by atoms with Crippen LogP contribution in [0.15, 0.2) is 186 Å². The molecule has 1 nitrogen and oxygen atoms in total. The summed E-state index contributed by atoms with van der Waals surface area (Å²) in [6, 6.07) is 65.8. The van der Waals surface area contributed by atoms with E-state index in [-0.39, 0.29) is 0 Å². The highest BCUT2D eigenvalue weighted by atomic mass is 16.3. The fourth-order valence-corrected chi connectivity index (χ4v) is 7.80. The summed E-state index contributed by atoms with van der Waals surface area (Å²) in [7, 11) is 0. The molecule has 0 spiro atoms. The van der Waals surface area contributed by atoms with Crippen molar-refractivity contribution in [3.63, 3.8) is 0 Å². The second-order valence-electron chi connectivity index (χ2n) is 12.8. The molecule has 0 radical (unpaired) electrons. The van der Waals surface area contributed by atoms with Crippen molar-refractivity contribution in [1.82, 2.24) is 0 Å². The highest BCUT2D eigenvalue weighted by molar-refractivity contribution is 6.22. The van der Waals surface area contributed by atoms with E-state index in [0.29, 0.717) is 0 Å². The van der Waals surface area contributed by atoms with E-state index < -0.39 is 0 Å². The second-order valence-corrected chi connectivity index (χ2v) is 12.8. The molecule has 0 atom stereocenters. The minimum atomic E-state index is 0.911. The molecule has 0 N–H and O–H groups in total. The van der Waals surface area contributed by atoms with E-state index in [1.165, 1.54) is 71.3 Å². The first-order valence-corrected chi connectivity index (χ1v) is 16.8. The molecule has 0 aliphatic rings. The van der Waals surface area contributed by atoms with Crippen LogP contribution in [0.3, 0.4) is 0 Å². The van der Waals surface area contributed by atoms with Gasteiger partial charge in [0, 0.05) is 10.8 Å². The summed E-state index contributed by atoms with van der Waals surface area (Å²) in [6.07, 6.45) is 0. The van der Waals surface area contributed by atoms with Crippen molar-refractivity contribution in [3.05, 3.63) is 182 Å². The molecule has 1 aromatic heterocycles. The van der Waals surface area contributed by atoms with Crippen molar-refractivity contribution in [2.75, 3.05) is 0 Å². The molecule has 49 heavy (non-hydrogen) atoms. The van der Waals surface area contributed by atoms with E-state index in [1.54, 1.807) is 0 Å². The van der Waals surface area contributed by atoms with Crippen molar-refractivity contribution in [2.24, 2.45) is 0 Å². The van der Waals surface area contributed by atoms with Crippen LogP contribution in [0.4, 0.5) is 0 Å². The maximum absolute atomic E-state index is 6.36. The third-order valence-corrected chi connectivity index (χ3v) is 10.1. The van der Waals surface area contributed by atoms with Gasteiger partial charge in [-0.2, -0.15) is 0 Å². The number of furan rings is 1. The van der Waals surface area contributed by atoms with Gasteiger partial charge in [0.1, 0.15) is 11.2 Å². The van der Waals surface area contributed by atoms with E-state index in [4.69, 9.17) is 4.42 Å². The van der Waals surface area contributed by atoms with Crippen LogP contribution in [0.25, 0.3) is 98.8 Å². The summed E-state index contributed by atoms with van der Waals surface area (Å²) in [5.74, 6) is 0. The standard InChI is InChI=1S/C48H30O/c1-2-12-31(13-3-1)32-22-24-33(25-23-32)44-29-36(28-34-14-4-5-15-37(34)44)48-42-19-8-6-17-40(42)47(41-18-7-9-20-43(41)48)35-26-27-39-38-16-10-11-21-45(38)49-46(39)30-35/h1-30H. The number of hydrogen-bond acceptors (Lipinski definition) is 1. The van der Waals surface area contributed by atoms with E-state index in [2.05, 4.69) is 170 Å². The zero-order valence-electron chi connectivity index (χ0n) is 26.7. The van der Waals surface area contributed by atoms with Crippen LogP contribution in [0, 0.1) is 0 Å². The van der Waals surface area contributed by atoms with Crippen LogP contribution in [0.5, 0.6) is 0 Å². The highest BCUT2D eigenvalue weighted by Gasteiger charge is 2.19. The van der Waals surface area contributed by atoms with Crippen molar-refractivity contribution >= 4 is 54.3 Å². The molecule has 10 rings (SSSR count). The minimum Gasteiger partial charge on any atom is -0.456 e. The van der Waals surface area contributed by atoms with Crippen molar-refractivity contribution < 1.29 is 4.42 Å². The smallest absolute Gasteiger partial charge is 0.136 e. The largest absolute Gasteiger partial charge is 0.456 e. The van der Waals surface area contributed by atoms with Crippen molar-refractivity contribution in [3.8, 4) is 44.5 Å². The maximum Gasteiger partial charge on any atom is 0.136 e. The third kappa shape index (κ3) is 4.47. The molecule has 1 heterocycles. The zero-order chi connectivity index (χ0) is 32.3. The highest BCUT2D eigenvalue weighted by Crippen LogP contribution is 2.46. The molecule has 0 saturated carbocycles. The van der Waals surface area contributed by atoms with Crippen molar-refractivity contribution in [2.45, 2.75) is 0 Å². The fraction of sp³-hybridized carbons (Fsp3) is 0. The lowest BCUT2D eigenvalue weighted by atomic mass is 9.84. The molecular formula is C48H30O. The summed E-state index contributed by atoms with van der Waals surface area (Å²) >= 11 is 0. The van der Waals surface area contributed by atoms with Crippen LogP contribution >= 0.6 is 0 Å². The number of para-hydroxylation sites is 1. The summed E-state index contributed by atoms with van der Waals surface area (Å²) in [4.78, 5) is 0. The van der Waals surface area contributed by atoms with Gasteiger partial charge in [0.15, 0.2) is 0 Å². The summed E-state index contributed by atoms with van der Waals surface area (Å²) < 4.78 is 6.36. The van der Waals surface area contributed by atoms with Gasteiger partial charge in [0.2, 0.25) is 0 Å². The van der Waals surface area contributed by atoms with Gasteiger partial charge in [-0.15, -0.1) is 0 Å². The van der Waals surface area contributed by atoms with E-state index in [9.17, 15) is 0 Å². The van der Waals surface area contributed by atoms with Crippen molar-refractivity contribution in [1.29, 1.82) is 0 Å². The SMILES string of the molecule is c1ccc(-c2ccc(-c3cc(-c4c5ccccc5c(-c5ccc6c(c5)oc5ccccc56)c5ccccc45)cc4ccccc34)cc2)cc1. The van der Waals surface area contributed by atoms with E-state index in [1.807, 2.05) is 12.1 Å². The molecule has 0 amide bonds. The number of rotatable bonds is 4. The van der Waals surface area contributed by atoms with Gasteiger partial charge in [0.05, 0.1) is 0 Å². The number of fused-ring (bicyclic) bond motifs is 6. The Morgan fingerprint density at radius 1 is 0.265 bits per heavy atom. The zero-order valence-corrected chi connectivity index (χ0v) is 26.7. The van der Waals surface area contributed by atoms with Gasteiger partial charge in [-0.05, 0) is 107 Å². The molecule has 10 aromatic rings. The first-order valence-electron chi connectivity index (χ1n) is 16.8. The fourth-order valence-electron chi connectivity index (χ4n) is 7.80. The average molecular weight is 623 g/mol. The predicted octanol–water partition coefficient (Wildman–Crippen LogP) is 13.7. The van der Waals surface area contributed by atoms with Crippen LogP contribution < -0.4 is 0 Å². The quantitative estimate of drug-likeness (QED) is 0.178. The van der Waals surface area contributed by atoms with Gasteiger partial charge in [0.25, 0.3) is 0 Å². The first kappa shape index (κ1) is 27.7. The number of hydrogen-bond donors (Lipinski definition) is 0. The lowest BCUT2D eigenvalue weighted by Crippen LogP contribution is -1.92. The molecule has 1 heteroatoms. The number of benzene rings is 9. The van der Waals surface area contributed by atoms with Crippen LogP contribution in [-0.2, 0) is 0 Å². The van der Waals surface area contributed by atoms with Gasteiger partial charge in [-0.3, -0.25) is 0 Å². The average Bonchev–Trinajstić information content (AvgIpc) is 3.55. The third-order valence-electron chi connectivity index (χ3n) is 10.1. The molecule has 9 aromatic carbocycles. The minimum absolute atomic E-state index is 0.911. The Bertz CT molecular complexity index is 2800. The summed E-state index contributed by atoms with van der Waals surface area (Å²) in [5, 5.41) is 9.71. The van der Waals surface area contributed by atoms with Crippen LogP contribution in [-0.4, -0.2) is 0 Å². The van der Waals surface area contributed by atoms with E-state index >= 15 is 0 Å². The Hall–Kier alpha value is -6.44. The maximum atomic E-state index is 6.36. The molecule has 0 unspecified atom stereocenters. The van der Waals surface area contributed by atoms with E-state index in [0.717, 1.165) is 27.5 Å². The summed E-state index contributed by atoms with van der Waals surface area (Å²) in [6.45, 7) is 0. The van der Waals surface area contributed by atoms with Crippen LogP contribution in [0.2, 0.25) is 0 Å². The van der Waals surface area contributed by atoms with Crippen LogP contribution in [0.1, 0.15) is 0 Å². The lowest BCUT2D eigenvalue weighted by Gasteiger charge is -2.19. The Balaban J connectivity index is 1.22. The molecule has 0 saturated heterocycles. The molecule has 0 bridgehead atoms. The topological polar surface area (TPSA) is 13.1 Å². The Morgan fingerprint density at radius 2 is 0.755 bits per heavy atom. The molecular weight excluding hydrogens is 593 g/mol. The van der Waals surface area contributed by atoms with Gasteiger partial charge < -0.3 is 4.42 Å². The summed E-state index contributed by atoms with van der Waals surface area (Å²) in [5.41, 5.74) is 11.6. The van der Waals surface area contributed by atoms with Gasteiger partial charge >= 0.3 is 0 Å². The molecule has 228 valence electrons. The normalized spacial score (nSPS) is 11.7. The Labute approximate surface area is 284 Å². The second kappa shape index (κ2) is 11.1. The molecule has 0 aliphatic carbocycles. The monoisotopic (exact) mass is 622 g/mol. The van der Waals surface area contributed by atoms with Gasteiger partial charge in [-0.1, -0.05) is 152 Å². The lowest BCUT2D eigenvalue weighted by molar-refractivity contribution is 0.669. The predicted molar refractivity (Wildman–Crippen MR) is 208 cm³/mol. The van der Waals surface area contributed by atoms with Gasteiger partial charge in [-0.25, -0.2) is 0 Å². The first-order chi connectivity index (χ1) is 24.3.